The Morgan fingerprint density at radius 3 is 2.50 bits per heavy atom. The molecule has 1 aromatic rings. The molecule has 0 saturated heterocycles. The molecule has 0 bridgehead atoms. The van der Waals surface area contributed by atoms with Gasteiger partial charge in [-0.1, -0.05) is 0 Å². The Kier molecular flexibility index (Phi) is 4.49. The van der Waals surface area contributed by atoms with Crippen LogP contribution in [0.1, 0.15) is 20.8 Å². The minimum Gasteiger partial charge on any atom is -0.489 e. The van der Waals surface area contributed by atoms with Gasteiger partial charge in [0.15, 0.2) is 0 Å². The van der Waals surface area contributed by atoms with Crippen molar-refractivity contribution >= 4 is 11.4 Å². The SMILES string of the molecule is CC(C)(C)OCCOc1ccc([N+](=O)[O-])cc1N. The number of nitrogens with two attached hydrogens (primary N) is 1. The lowest BCUT2D eigenvalue weighted by Gasteiger charge is -2.19. The van der Waals surface area contributed by atoms with Crippen LogP contribution in [0, 0.1) is 10.1 Å². The third-order valence-electron chi connectivity index (χ3n) is 2.08. The van der Waals surface area contributed by atoms with Crippen LogP contribution in [0.2, 0.25) is 0 Å². The van der Waals surface area contributed by atoms with Crippen LogP contribution in [0.15, 0.2) is 18.2 Å². The first kappa shape index (κ1) is 14.2. The molecular weight excluding hydrogens is 236 g/mol. The van der Waals surface area contributed by atoms with Crippen molar-refractivity contribution in [2.75, 3.05) is 18.9 Å². The van der Waals surface area contributed by atoms with Gasteiger partial charge in [0.25, 0.3) is 5.69 Å². The first-order valence-electron chi connectivity index (χ1n) is 5.60. The van der Waals surface area contributed by atoms with E-state index in [1.54, 1.807) is 0 Å². The van der Waals surface area contributed by atoms with Crippen molar-refractivity contribution in [3.8, 4) is 5.75 Å². The van der Waals surface area contributed by atoms with E-state index in [0.717, 1.165) is 0 Å². The second-order valence-electron chi connectivity index (χ2n) is 4.79. The topological polar surface area (TPSA) is 87.6 Å². The van der Waals surface area contributed by atoms with Crippen molar-refractivity contribution in [3.63, 3.8) is 0 Å². The van der Waals surface area contributed by atoms with Gasteiger partial charge in [-0.05, 0) is 26.8 Å². The molecule has 0 atom stereocenters. The fraction of sp³-hybridized carbons (Fsp3) is 0.500. The highest BCUT2D eigenvalue weighted by atomic mass is 16.6. The van der Waals surface area contributed by atoms with Crippen molar-refractivity contribution in [3.05, 3.63) is 28.3 Å². The van der Waals surface area contributed by atoms with Crippen LogP contribution < -0.4 is 10.5 Å². The molecule has 0 saturated carbocycles. The Hall–Kier alpha value is -1.82. The van der Waals surface area contributed by atoms with Crippen molar-refractivity contribution in [1.29, 1.82) is 0 Å². The van der Waals surface area contributed by atoms with Crippen LogP contribution in [-0.4, -0.2) is 23.7 Å². The summed E-state index contributed by atoms with van der Waals surface area (Å²) in [6.45, 7) is 6.63. The molecule has 100 valence electrons. The van der Waals surface area contributed by atoms with Gasteiger partial charge < -0.3 is 15.2 Å². The number of nitrogen functional groups attached to an aromatic ring is 1. The van der Waals surface area contributed by atoms with Gasteiger partial charge in [0, 0.05) is 12.1 Å². The van der Waals surface area contributed by atoms with Gasteiger partial charge >= 0.3 is 0 Å². The number of hydrogen-bond donors (Lipinski definition) is 1. The highest BCUT2D eigenvalue weighted by Crippen LogP contribution is 2.26. The first-order chi connectivity index (χ1) is 8.29. The smallest absolute Gasteiger partial charge is 0.271 e. The van der Waals surface area contributed by atoms with Crippen molar-refractivity contribution in [2.45, 2.75) is 26.4 Å². The predicted octanol–water partition coefficient (Wildman–Crippen LogP) is 2.37. The number of nitro groups is 1. The summed E-state index contributed by atoms with van der Waals surface area (Å²) in [5.74, 6) is 0.429. The van der Waals surface area contributed by atoms with Crippen LogP contribution >= 0.6 is 0 Å². The van der Waals surface area contributed by atoms with E-state index in [1.165, 1.54) is 18.2 Å². The van der Waals surface area contributed by atoms with Crippen LogP contribution in [-0.2, 0) is 4.74 Å². The molecule has 0 aliphatic heterocycles. The Morgan fingerprint density at radius 2 is 2.00 bits per heavy atom. The van der Waals surface area contributed by atoms with E-state index < -0.39 is 4.92 Å². The monoisotopic (exact) mass is 254 g/mol. The van der Waals surface area contributed by atoms with Gasteiger partial charge in [-0.15, -0.1) is 0 Å². The predicted molar refractivity (Wildman–Crippen MR) is 68.7 cm³/mol. The molecule has 0 aliphatic rings. The number of benzene rings is 1. The molecule has 0 unspecified atom stereocenters. The molecule has 0 aromatic heterocycles. The molecule has 0 radical (unpaired) electrons. The van der Waals surface area contributed by atoms with Gasteiger partial charge in [-0.2, -0.15) is 0 Å². The molecular formula is C12H18N2O4. The summed E-state index contributed by atoms with van der Waals surface area (Å²) in [4.78, 5) is 10.0. The number of rotatable bonds is 5. The summed E-state index contributed by atoms with van der Waals surface area (Å²) >= 11 is 0. The second-order valence-corrected chi connectivity index (χ2v) is 4.79. The Labute approximate surface area is 106 Å². The van der Waals surface area contributed by atoms with E-state index in [9.17, 15) is 10.1 Å². The minimum atomic E-state index is -0.497. The van der Waals surface area contributed by atoms with Gasteiger partial charge in [-0.25, -0.2) is 0 Å². The molecule has 0 spiro atoms. The van der Waals surface area contributed by atoms with Crippen molar-refractivity contribution < 1.29 is 14.4 Å². The van der Waals surface area contributed by atoms with E-state index in [-0.39, 0.29) is 17.0 Å². The maximum absolute atomic E-state index is 10.5. The second kappa shape index (κ2) is 5.68. The molecule has 0 aliphatic carbocycles. The third-order valence-corrected chi connectivity index (χ3v) is 2.08. The van der Waals surface area contributed by atoms with Gasteiger partial charge in [0.1, 0.15) is 12.4 Å². The summed E-state index contributed by atoms with van der Waals surface area (Å²) in [7, 11) is 0. The van der Waals surface area contributed by atoms with Gasteiger partial charge in [0.2, 0.25) is 0 Å². The number of nitro benzene ring substituents is 1. The average molecular weight is 254 g/mol. The lowest BCUT2D eigenvalue weighted by molar-refractivity contribution is -0.384. The van der Waals surface area contributed by atoms with E-state index in [0.29, 0.717) is 19.0 Å². The van der Waals surface area contributed by atoms with Crippen LogP contribution in [0.3, 0.4) is 0 Å². The Bertz CT molecular complexity index is 427. The zero-order chi connectivity index (χ0) is 13.8. The molecule has 0 heterocycles. The summed E-state index contributed by atoms with van der Waals surface area (Å²) < 4.78 is 10.9. The summed E-state index contributed by atoms with van der Waals surface area (Å²) in [6.07, 6.45) is 0. The summed E-state index contributed by atoms with van der Waals surface area (Å²) in [5, 5.41) is 10.5. The minimum absolute atomic E-state index is 0.0502. The van der Waals surface area contributed by atoms with Gasteiger partial charge in [-0.3, -0.25) is 10.1 Å². The number of anilines is 1. The summed E-state index contributed by atoms with van der Waals surface area (Å²) in [5.41, 5.74) is 5.64. The molecule has 1 aromatic carbocycles. The van der Waals surface area contributed by atoms with Crippen molar-refractivity contribution in [1.82, 2.24) is 0 Å². The first-order valence-corrected chi connectivity index (χ1v) is 5.60. The fourth-order valence-electron chi connectivity index (χ4n) is 1.28. The lowest BCUT2D eigenvalue weighted by atomic mass is 10.2. The normalized spacial score (nSPS) is 11.3. The Morgan fingerprint density at radius 1 is 1.33 bits per heavy atom. The van der Waals surface area contributed by atoms with Crippen LogP contribution in [0.4, 0.5) is 11.4 Å². The zero-order valence-electron chi connectivity index (χ0n) is 10.8. The van der Waals surface area contributed by atoms with E-state index >= 15 is 0 Å². The Balaban J connectivity index is 2.51. The number of hydrogen-bond acceptors (Lipinski definition) is 5. The standard InChI is InChI=1S/C12H18N2O4/c1-12(2,3)18-7-6-17-11-5-4-9(14(15)16)8-10(11)13/h4-5,8H,6-7,13H2,1-3H3. The molecule has 6 nitrogen and oxygen atoms in total. The van der Waals surface area contributed by atoms with E-state index in [1.807, 2.05) is 20.8 Å². The lowest BCUT2D eigenvalue weighted by Crippen LogP contribution is -2.22. The van der Waals surface area contributed by atoms with Gasteiger partial charge in [0.05, 0.1) is 22.8 Å². The highest BCUT2D eigenvalue weighted by molar-refractivity contribution is 5.58. The summed E-state index contributed by atoms with van der Waals surface area (Å²) in [6, 6.07) is 4.13. The molecule has 0 fully saturated rings. The quantitative estimate of drug-likeness (QED) is 0.377. The number of ether oxygens (including phenoxy) is 2. The molecule has 18 heavy (non-hydrogen) atoms. The average Bonchev–Trinajstić information content (AvgIpc) is 2.24. The largest absolute Gasteiger partial charge is 0.489 e. The molecule has 1 rings (SSSR count). The van der Waals surface area contributed by atoms with E-state index in [2.05, 4.69) is 0 Å². The van der Waals surface area contributed by atoms with E-state index in [4.69, 9.17) is 15.2 Å². The fourth-order valence-corrected chi connectivity index (χ4v) is 1.28. The maximum atomic E-state index is 10.5. The number of nitrogens with zero attached hydrogens (tertiary/aromatic N) is 1. The van der Waals surface area contributed by atoms with Crippen LogP contribution in [0.25, 0.3) is 0 Å². The molecule has 0 amide bonds. The van der Waals surface area contributed by atoms with Crippen LogP contribution in [0.5, 0.6) is 5.75 Å². The molecule has 2 N–H and O–H groups in total. The zero-order valence-corrected chi connectivity index (χ0v) is 10.8. The molecule has 6 heteroatoms. The number of non-ortho nitro benzene ring substituents is 1. The highest BCUT2D eigenvalue weighted by Gasteiger charge is 2.11. The third kappa shape index (κ3) is 4.58. The maximum Gasteiger partial charge on any atom is 0.271 e. The van der Waals surface area contributed by atoms with Crippen molar-refractivity contribution in [2.24, 2.45) is 0 Å².